The molecule has 3 aromatic rings. The predicted molar refractivity (Wildman–Crippen MR) is 141 cm³/mol. The summed E-state index contributed by atoms with van der Waals surface area (Å²) >= 11 is 2.52. The first-order valence-corrected chi connectivity index (χ1v) is 14.1. The highest BCUT2D eigenvalue weighted by molar-refractivity contribution is 8.01. The molecule has 3 rings (SSSR count). The summed E-state index contributed by atoms with van der Waals surface area (Å²) in [6.07, 6.45) is 3.09. The molecule has 0 fully saturated rings. The lowest BCUT2D eigenvalue weighted by atomic mass is 9.99. The lowest BCUT2D eigenvalue weighted by Gasteiger charge is -2.18. The number of hydrogen-bond donors (Lipinski definition) is 1. The van der Waals surface area contributed by atoms with E-state index in [1.165, 1.54) is 35.5 Å². The number of aliphatic imine (C=N–C) groups is 1. The van der Waals surface area contributed by atoms with Crippen LogP contribution in [-0.4, -0.2) is 39.0 Å². The predicted octanol–water partition coefficient (Wildman–Crippen LogP) is 6.28. The van der Waals surface area contributed by atoms with E-state index in [1.807, 2.05) is 12.1 Å². The number of carbonyl (C=O) groups is 2. The standard InChI is InChI=1S/C25H26N2O5S3/c1-16-19(18-9-6-8-17(12-18)14-28)10-7-11-20(16)35(30,31)21-13-22(34-23(21)33-5)26-15-27-24(29)32-25(2,3)4/h6-15H,1-5H3,(H,26,27,29). The molecule has 0 radical (unpaired) electrons. The molecule has 184 valence electrons. The number of alkyl carbamates (subject to hydrolysis) is 1. The Morgan fingerprint density at radius 1 is 1.11 bits per heavy atom. The Kier molecular flexibility index (Phi) is 8.19. The average Bonchev–Trinajstić information content (AvgIpc) is 3.22. The molecule has 0 bridgehead atoms. The van der Waals surface area contributed by atoms with Gasteiger partial charge in [0, 0.05) is 5.56 Å². The molecule has 0 saturated carbocycles. The maximum atomic E-state index is 13.7. The Hall–Kier alpha value is -2.95. The van der Waals surface area contributed by atoms with E-state index >= 15 is 0 Å². The third-order valence-corrected chi connectivity index (χ3v) is 9.17. The van der Waals surface area contributed by atoms with Crippen molar-refractivity contribution in [3.8, 4) is 11.1 Å². The lowest BCUT2D eigenvalue weighted by Crippen LogP contribution is -2.31. The van der Waals surface area contributed by atoms with Gasteiger partial charge < -0.3 is 4.74 Å². The van der Waals surface area contributed by atoms with Crippen LogP contribution in [0.5, 0.6) is 0 Å². The number of thioether (sulfide) groups is 1. The van der Waals surface area contributed by atoms with Crippen molar-refractivity contribution in [2.45, 2.75) is 47.3 Å². The first kappa shape index (κ1) is 26.7. The van der Waals surface area contributed by atoms with Gasteiger partial charge in [-0.15, -0.1) is 23.1 Å². The molecular weight excluding hydrogens is 504 g/mol. The van der Waals surface area contributed by atoms with Crippen molar-refractivity contribution >= 4 is 56.7 Å². The molecule has 0 atom stereocenters. The van der Waals surface area contributed by atoms with Crippen LogP contribution < -0.4 is 5.32 Å². The zero-order chi connectivity index (χ0) is 25.8. The molecule has 0 aliphatic carbocycles. The largest absolute Gasteiger partial charge is 0.444 e. The summed E-state index contributed by atoms with van der Waals surface area (Å²) < 4.78 is 33.1. The quantitative estimate of drug-likeness (QED) is 0.167. The lowest BCUT2D eigenvalue weighted by molar-refractivity contribution is 0.0565. The third-order valence-electron chi connectivity index (χ3n) is 4.81. The number of rotatable bonds is 7. The summed E-state index contributed by atoms with van der Waals surface area (Å²) in [5.74, 6) is 0. The van der Waals surface area contributed by atoms with Crippen molar-refractivity contribution in [3.05, 3.63) is 59.7 Å². The van der Waals surface area contributed by atoms with Gasteiger partial charge in [-0.1, -0.05) is 30.3 Å². The van der Waals surface area contributed by atoms with Gasteiger partial charge in [-0.3, -0.25) is 10.1 Å². The van der Waals surface area contributed by atoms with Crippen LogP contribution in [0, 0.1) is 6.92 Å². The van der Waals surface area contributed by atoms with E-state index in [2.05, 4.69) is 10.3 Å². The van der Waals surface area contributed by atoms with Gasteiger partial charge in [-0.25, -0.2) is 18.2 Å². The fourth-order valence-corrected chi connectivity index (χ4v) is 7.39. The van der Waals surface area contributed by atoms with E-state index in [-0.39, 0.29) is 9.79 Å². The minimum absolute atomic E-state index is 0.154. The summed E-state index contributed by atoms with van der Waals surface area (Å²) in [5, 5.41) is 2.85. The molecular formula is C25H26N2O5S3. The maximum Gasteiger partial charge on any atom is 0.412 e. The van der Waals surface area contributed by atoms with Gasteiger partial charge in [0.25, 0.3) is 0 Å². The highest BCUT2D eigenvalue weighted by atomic mass is 32.2. The number of amides is 1. The van der Waals surface area contributed by atoms with Gasteiger partial charge in [0.2, 0.25) is 9.84 Å². The molecule has 2 aromatic carbocycles. The van der Waals surface area contributed by atoms with Gasteiger partial charge in [0.05, 0.1) is 20.3 Å². The second-order valence-corrected chi connectivity index (χ2v) is 12.5. The number of sulfone groups is 1. The van der Waals surface area contributed by atoms with E-state index in [1.54, 1.807) is 64.3 Å². The van der Waals surface area contributed by atoms with E-state index in [9.17, 15) is 18.0 Å². The van der Waals surface area contributed by atoms with Crippen molar-refractivity contribution in [2.24, 2.45) is 4.99 Å². The molecule has 1 heterocycles. The van der Waals surface area contributed by atoms with Crippen LogP contribution >= 0.6 is 23.1 Å². The van der Waals surface area contributed by atoms with Gasteiger partial charge in [0.15, 0.2) is 0 Å². The molecule has 1 amide bonds. The Morgan fingerprint density at radius 3 is 2.49 bits per heavy atom. The van der Waals surface area contributed by atoms with Crippen molar-refractivity contribution in [1.82, 2.24) is 5.32 Å². The summed E-state index contributed by atoms with van der Waals surface area (Å²) in [5.41, 5.74) is 1.95. The smallest absolute Gasteiger partial charge is 0.412 e. The summed E-state index contributed by atoms with van der Waals surface area (Å²) in [4.78, 5) is 27.5. The molecule has 1 N–H and O–H groups in total. The molecule has 7 nitrogen and oxygen atoms in total. The Labute approximate surface area is 213 Å². The number of thiophene rings is 1. The highest BCUT2D eigenvalue weighted by Gasteiger charge is 2.27. The molecule has 0 aliphatic rings. The first-order valence-electron chi connectivity index (χ1n) is 10.6. The molecule has 35 heavy (non-hydrogen) atoms. The van der Waals surface area contributed by atoms with E-state index in [0.717, 1.165) is 17.4 Å². The van der Waals surface area contributed by atoms with Gasteiger partial charge in [0.1, 0.15) is 16.9 Å². The monoisotopic (exact) mass is 530 g/mol. The second-order valence-electron chi connectivity index (χ2n) is 8.52. The Bertz CT molecular complexity index is 1390. The fourth-order valence-electron chi connectivity index (χ4n) is 3.31. The second kappa shape index (κ2) is 10.8. The van der Waals surface area contributed by atoms with Crippen molar-refractivity contribution in [2.75, 3.05) is 6.26 Å². The SMILES string of the molecule is CSc1sc(/N=C/NC(=O)OC(C)(C)C)cc1S(=O)(=O)c1cccc(-c2cccc(C=O)c2)c1C. The minimum atomic E-state index is -3.87. The minimum Gasteiger partial charge on any atom is -0.444 e. The number of ether oxygens (including phenoxy) is 1. The number of carbonyl (C=O) groups excluding carboxylic acids is 2. The molecule has 0 unspecified atom stereocenters. The average molecular weight is 531 g/mol. The molecule has 0 saturated heterocycles. The maximum absolute atomic E-state index is 13.7. The number of hydrogen-bond acceptors (Lipinski definition) is 8. The van der Waals surface area contributed by atoms with Gasteiger partial charge in [-0.05, 0) is 68.8 Å². The van der Waals surface area contributed by atoms with E-state index < -0.39 is 21.5 Å². The zero-order valence-corrected chi connectivity index (χ0v) is 22.4. The van der Waals surface area contributed by atoms with Gasteiger partial charge >= 0.3 is 6.09 Å². The highest BCUT2D eigenvalue weighted by Crippen LogP contribution is 2.42. The third kappa shape index (κ3) is 6.39. The van der Waals surface area contributed by atoms with Crippen LogP contribution in [0.4, 0.5) is 9.80 Å². The number of aldehydes is 1. The number of nitrogens with zero attached hydrogens (tertiary/aromatic N) is 1. The molecule has 0 spiro atoms. The van der Waals surface area contributed by atoms with E-state index in [0.29, 0.717) is 20.3 Å². The number of nitrogens with one attached hydrogen (secondary N) is 1. The van der Waals surface area contributed by atoms with Crippen LogP contribution in [0.25, 0.3) is 11.1 Å². The summed E-state index contributed by atoms with van der Waals surface area (Å²) in [7, 11) is -3.87. The van der Waals surface area contributed by atoms with E-state index in [4.69, 9.17) is 4.74 Å². The summed E-state index contributed by atoms with van der Waals surface area (Å²) in [6.45, 7) is 7.01. The normalized spacial score (nSPS) is 12.0. The summed E-state index contributed by atoms with van der Waals surface area (Å²) in [6, 6.07) is 13.6. The molecule has 1 aromatic heterocycles. The fraction of sp³-hybridized carbons (Fsp3) is 0.240. The zero-order valence-electron chi connectivity index (χ0n) is 20.0. The van der Waals surface area contributed by atoms with Crippen LogP contribution in [0.15, 0.2) is 67.5 Å². The van der Waals surface area contributed by atoms with Crippen LogP contribution in [0.3, 0.4) is 0 Å². The Morgan fingerprint density at radius 2 is 1.83 bits per heavy atom. The van der Waals surface area contributed by atoms with Gasteiger partial charge in [-0.2, -0.15) is 0 Å². The van der Waals surface area contributed by atoms with Crippen molar-refractivity contribution in [1.29, 1.82) is 0 Å². The number of benzene rings is 2. The van der Waals surface area contributed by atoms with Crippen LogP contribution in [0.2, 0.25) is 0 Å². The van der Waals surface area contributed by atoms with Crippen LogP contribution in [-0.2, 0) is 14.6 Å². The Balaban J connectivity index is 1.95. The van der Waals surface area contributed by atoms with Crippen LogP contribution in [0.1, 0.15) is 36.7 Å². The molecule has 0 aliphatic heterocycles. The topological polar surface area (TPSA) is 102 Å². The van der Waals surface area contributed by atoms with Crippen molar-refractivity contribution in [3.63, 3.8) is 0 Å². The molecule has 10 heteroatoms. The first-order chi connectivity index (χ1) is 16.5. The van der Waals surface area contributed by atoms with Crippen molar-refractivity contribution < 1.29 is 22.7 Å².